The van der Waals surface area contributed by atoms with Crippen LogP contribution in [-0.2, 0) is 35.3 Å². The van der Waals surface area contributed by atoms with Crippen molar-refractivity contribution in [3.63, 3.8) is 0 Å². The SMILES string of the molecule is Cc1ccn(Cc2ccc(NC(=O)[C@H](CCC(=O)O)NC(=O)CNC(=O)CCN3C(=O)C(Br)=C(Br)C3=O)cc2)c1. The number of carbonyl (C=O) groups is 6. The number of carboxylic acid groups (broad SMARTS) is 1. The van der Waals surface area contributed by atoms with Crippen LogP contribution in [0.3, 0.4) is 0 Å². The number of hydrogen-bond acceptors (Lipinski definition) is 6. The minimum absolute atomic E-state index is 0.0610. The number of carboxylic acids is 1. The molecule has 0 radical (unpaired) electrons. The Kier molecular flexibility index (Phi) is 10.8. The third-order valence-corrected chi connectivity index (χ3v) is 7.85. The molecule has 1 aliphatic heterocycles. The van der Waals surface area contributed by atoms with E-state index in [9.17, 15) is 28.8 Å². The van der Waals surface area contributed by atoms with Crippen molar-refractivity contribution in [2.75, 3.05) is 18.4 Å². The number of carbonyl (C=O) groups excluding carboxylic acids is 5. The number of aliphatic carboxylic acids is 1. The third kappa shape index (κ3) is 8.61. The summed E-state index contributed by atoms with van der Waals surface area (Å²) in [5, 5.41) is 16.5. The maximum Gasteiger partial charge on any atom is 0.303 e. The molecule has 12 nitrogen and oxygen atoms in total. The van der Waals surface area contributed by atoms with Crippen molar-refractivity contribution >= 4 is 73.1 Å². The van der Waals surface area contributed by atoms with Crippen LogP contribution in [-0.4, -0.2) is 69.2 Å². The van der Waals surface area contributed by atoms with E-state index in [-0.39, 0.29) is 34.8 Å². The molecule has 0 aliphatic carbocycles. The molecule has 1 aromatic carbocycles. The van der Waals surface area contributed by atoms with E-state index in [4.69, 9.17) is 5.11 Å². The zero-order chi connectivity index (χ0) is 29.4. The molecule has 0 spiro atoms. The van der Waals surface area contributed by atoms with Gasteiger partial charge in [-0.05, 0) is 74.5 Å². The fraction of sp³-hybridized carbons (Fsp3) is 0.308. The summed E-state index contributed by atoms with van der Waals surface area (Å²) in [6, 6.07) is 7.96. The highest BCUT2D eigenvalue weighted by Crippen LogP contribution is 2.29. The molecule has 0 fully saturated rings. The first-order valence-corrected chi connectivity index (χ1v) is 13.7. The molecular formula is C26H27Br2N5O7. The second kappa shape index (κ2) is 14.0. The van der Waals surface area contributed by atoms with Crippen LogP contribution in [0.4, 0.5) is 5.69 Å². The van der Waals surface area contributed by atoms with Crippen LogP contribution in [0.1, 0.15) is 30.4 Å². The highest BCUT2D eigenvalue weighted by molar-refractivity contribution is 9.14. The Bertz CT molecular complexity index is 1330. The number of imide groups is 1. The van der Waals surface area contributed by atoms with Crippen LogP contribution < -0.4 is 16.0 Å². The van der Waals surface area contributed by atoms with Crippen LogP contribution in [0.5, 0.6) is 0 Å². The number of hydrogen-bond donors (Lipinski definition) is 4. The number of rotatable bonds is 13. The molecule has 5 amide bonds. The highest BCUT2D eigenvalue weighted by Gasteiger charge is 2.35. The van der Waals surface area contributed by atoms with Gasteiger partial charge in [0.1, 0.15) is 15.0 Å². The van der Waals surface area contributed by atoms with Gasteiger partial charge in [-0.25, -0.2) is 0 Å². The lowest BCUT2D eigenvalue weighted by atomic mass is 10.1. The molecule has 0 bridgehead atoms. The van der Waals surface area contributed by atoms with Crippen molar-refractivity contribution in [3.05, 3.63) is 62.8 Å². The summed E-state index contributed by atoms with van der Waals surface area (Å²) in [4.78, 5) is 73.4. The normalized spacial score (nSPS) is 13.8. The molecule has 212 valence electrons. The minimum Gasteiger partial charge on any atom is -0.481 e. The van der Waals surface area contributed by atoms with E-state index in [1.54, 1.807) is 12.1 Å². The average Bonchev–Trinajstić information content (AvgIpc) is 3.40. The molecule has 0 saturated carbocycles. The lowest BCUT2D eigenvalue weighted by Gasteiger charge is -2.18. The predicted molar refractivity (Wildman–Crippen MR) is 151 cm³/mol. The number of aromatic nitrogens is 1. The predicted octanol–water partition coefficient (Wildman–Crippen LogP) is 2.01. The molecule has 2 heterocycles. The zero-order valence-electron chi connectivity index (χ0n) is 21.4. The van der Waals surface area contributed by atoms with Crippen molar-refractivity contribution in [3.8, 4) is 0 Å². The first kappa shape index (κ1) is 30.8. The van der Waals surface area contributed by atoms with Crippen LogP contribution in [0.2, 0.25) is 0 Å². The van der Waals surface area contributed by atoms with Gasteiger partial charge in [-0.3, -0.25) is 33.7 Å². The maximum absolute atomic E-state index is 12.9. The smallest absolute Gasteiger partial charge is 0.303 e. The van der Waals surface area contributed by atoms with Crippen molar-refractivity contribution in [1.82, 2.24) is 20.1 Å². The van der Waals surface area contributed by atoms with Crippen molar-refractivity contribution in [1.29, 1.82) is 0 Å². The topological polar surface area (TPSA) is 167 Å². The van der Waals surface area contributed by atoms with Gasteiger partial charge in [0, 0.05) is 44.0 Å². The van der Waals surface area contributed by atoms with Crippen LogP contribution >= 0.6 is 31.9 Å². The van der Waals surface area contributed by atoms with Crippen LogP contribution in [0.25, 0.3) is 0 Å². The summed E-state index contributed by atoms with van der Waals surface area (Å²) >= 11 is 5.99. The van der Waals surface area contributed by atoms with Gasteiger partial charge >= 0.3 is 5.97 Å². The van der Waals surface area contributed by atoms with Gasteiger partial charge in [0.2, 0.25) is 17.7 Å². The molecule has 40 heavy (non-hydrogen) atoms. The van der Waals surface area contributed by atoms with Crippen molar-refractivity contribution in [2.24, 2.45) is 0 Å². The van der Waals surface area contributed by atoms with Gasteiger partial charge in [0.05, 0.1) is 6.54 Å². The highest BCUT2D eigenvalue weighted by atomic mass is 79.9. The van der Waals surface area contributed by atoms with Gasteiger partial charge in [0.25, 0.3) is 11.8 Å². The molecule has 0 saturated heterocycles. The van der Waals surface area contributed by atoms with Gasteiger partial charge in [-0.1, -0.05) is 12.1 Å². The van der Waals surface area contributed by atoms with E-state index in [2.05, 4.69) is 47.8 Å². The van der Waals surface area contributed by atoms with E-state index in [1.165, 1.54) is 0 Å². The van der Waals surface area contributed by atoms with Gasteiger partial charge < -0.3 is 25.6 Å². The number of halogens is 2. The summed E-state index contributed by atoms with van der Waals surface area (Å²) in [5.74, 6) is -4.22. The number of nitrogens with one attached hydrogen (secondary N) is 3. The number of nitrogens with zero attached hydrogens (tertiary/aromatic N) is 2. The van der Waals surface area contributed by atoms with E-state index in [1.807, 2.05) is 42.1 Å². The Morgan fingerprint density at radius 2 is 1.60 bits per heavy atom. The Morgan fingerprint density at radius 1 is 0.950 bits per heavy atom. The van der Waals surface area contributed by atoms with Crippen molar-refractivity contribution in [2.45, 2.75) is 38.8 Å². The Balaban J connectivity index is 1.49. The lowest BCUT2D eigenvalue weighted by molar-refractivity contribution is -0.138. The largest absolute Gasteiger partial charge is 0.481 e. The van der Waals surface area contributed by atoms with E-state index in [0.29, 0.717) is 12.2 Å². The molecule has 0 unspecified atom stereocenters. The molecule has 14 heteroatoms. The summed E-state index contributed by atoms with van der Waals surface area (Å²) in [6.45, 7) is 1.97. The van der Waals surface area contributed by atoms with E-state index >= 15 is 0 Å². The Morgan fingerprint density at radius 3 is 2.17 bits per heavy atom. The van der Waals surface area contributed by atoms with E-state index in [0.717, 1.165) is 16.0 Å². The summed E-state index contributed by atoms with van der Waals surface area (Å²) in [5.41, 5.74) is 2.63. The lowest BCUT2D eigenvalue weighted by Crippen LogP contribution is -2.48. The molecular weight excluding hydrogens is 654 g/mol. The third-order valence-electron chi connectivity index (χ3n) is 5.85. The second-order valence-electron chi connectivity index (χ2n) is 9.02. The second-order valence-corrected chi connectivity index (χ2v) is 10.6. The first-order chi connectivity index (χ1) is 18.9. The van der Waals surface area contributed by atoms with Crippen LogP contribution in [0.15, 0.2) is 51.7 Å². The summed E-state index contributed by atoms with van der Waals surface area (Å²) in [6.07, 6.45) is 3.21. The van der Waals surface area contributed by atoms with Crippen LogP contribution in [0, 0.1) is 6.92 Å². The Labute approximate surface area is 246 Å². The average molecular weight is 681 g/mol. The molecule has 4 N–H and O–H groups in total. The molecule has 3 rings (SSSR count). The number of anilines is 1. The molecule has 1 atom stereocenters. The summed E-state index contributed by atoms with van der Waals surface area (Å²) in [7, 11) is 0. The van der Waals surface area contributed by atoms with Gasteiger partial charge in [0.15, 0.2) is 0 Å². The zero-order valence-corrected chi connectivity index (χ0v) is 24.6. The fourth-order valence-corrected chi connectivity index (χ4v) is 4.54. The standard InChI is InChI=1S/C26H27Br2N5O7/c1-15-8-10-32(13-15)14-16-2-4-17(5-3-16)30-24(38)18(6-7-21(36)37)31-20(35)12-29-19(34)9-11-33-25(39)22(27)23(28)26(33)40/h2-5,8,10,13,18H,6-7,9,11-12,14H2,1H3,(H,29,34)(H,30,38)(H,31,35)(H,36,37)/t18-/m0/s1. The van der Waals surface area contributed by atoms with Gasteiger partial charge in [-0.15, -0.1) is 0 Å². The monoisotopic (exact) mass is 679 g/mol. The fourth-order valence-electron chi connectivity index (χ4n) is 3.78. The summed E-state index contributed by atoms with van der Waals surface area (Å²) < 4.78 is 2.15. The quantitative estimate of drug-likeness (QED) is 0.235. The molecule has 2 aromatic rings. The number of benzene rings is 1. The number of amides is 5. The first-order valence-electron chi connectivity index (χ1n) is 12.2. The molecule has 1 aliphatic rings. The number of aryl methyl sites for hydroxylation is 1. The minimum atomic E-state index is -1.16. The van der Waals surface area contributed by atoms with Crippen molar-refractivity contribution < 1.29 is 33.9 Å². The maximum atomic E-state index is 12.9. The Hall–Kier alpha value is -3.78. The van der Waals surface area contributed by atoms with Gasteiger partial charge in [-0.2, -0.15) is 0 Å². The van der Waals surface area contributed by atoms with E-state index < -0.39 is 48.1 Å². The molecule has 1 aromatic heterocycles.